The maximum Gasteiger partial charge on any atom is 0.255 e. The van der Waals surface area contributed by atoms with Gasteiger partial charge in [-0.15, -0.1) is 0 Å². The Bertz CT molecular complexity index is 782. The van der Waals surface area contributed by atoms with Gasteiger partial charge in [-0.1, -0.05) is 29.8 Å². The summed E-state index contributed by atoms with van der Waals surface area (Å²) in [6, 6.07) is 12.8. The van der Waals surface area contributed by atoms with E-state index in [9.17, 15) is 4.79 Å². The van der Waals surface area contributed by atoms with Crippen LogP contribution in [0.3, 0.4) is 0 Å². The van der Waals surface area contributed by atoms with Crippen molar-refractivity contribution in [3.05, 3.63) is 65.2 Å². The maximum atomic E-state index is 12.6. The molecule has 26 heavy (non-hydrogen) atoms. The molecule has 1 N–H and O–H groups in total. The standard InChI is InChI=1S/C20H21ClN2O3/c1-25-13-14-26-19-17(21)5-4-6-18(19)22-20(24)15-7-9-16(10-8-15)23-11-2-3-12-23/h2-10H,11-14H2,1H3,(H,22,24). The largest absolute Gasteiger partial charge is 0.487 e. The van der Waals surface area contributed by atoms with Crippen molar-refractivity contribution in [1.82, 2.24) is 0 Å². The van der Waals surface area contributed by atoms with Crippen molar-refractivity contribution >= 4 is 28.9 Å². The van der Waals surface area contributed by atoms with E-state index in [0.717, 1.165) is 18.8 Å². The predicted octanol–water partition coefficient (Wildman–Crippen LogP) is 3.99. The van der Waals surface area contributed by atoms with Crippen LogP contribution < -0.4 is 15.0 Å². The zero-order chi connectivity index (χ0) is 18.4. The Balaban J connectivity index is 1.70. The van der Waals surface area contributed by atoms with Gasteiger partial charge in [0.25, 0.3) is 5.91 Å². The van der Waals surface area contributed by atoms with E-state index in [2.05, 4.69) is 22.4 Å². The van der Waals surface area contributed by atoms with Crippen LogP contribution >= 0.6 is 11.6 Å². The summed E-state index contributed by atoms with van der Waals surface area (Å²) in [5.74, 6) is 0.231. The molecule has 3 rings (SSSR count). The fourth-order valence-corrected chi connectivity index (χ4v) is 2.92. The van der Waals surface area contributed by atoms with Gasteiger partial charge in [0.15, 0.2) is 5.75 Å². The van der Waals surface area contributed by atoms with Crippen molar-refractivity contribution in [3.63, 3.8) is 0 Å². The third kappa shape index (κ3) is 4.36. The van der Waals surface area contributed by atoms with Crippen LogP contribution in [-0.2, 0) is 4.74 Å². The van der Waals surface area contributed by atoms with E-state index in [1.54, 1.807) is 25.3 Å². The number of para-hydroxylation sites is 1. The lowest BCUT2D eigenvalue weighted by molar-refractivity contribution is 0.102. The van der Waals surface area contributed by atoms with Gasteiger partial charge in [-0.3, -0.25) is 4.79 Å². The van der Waals surface area contributed by atoms with Gasteiger partial charge in [-0.25, -0.2) is 0 Å². The number of halogens is 1. The molecule has 0 unspecified atom stereocenters. The van der Waals surface area contributed by atoms with Crippen molar-refractivity contribution in [2.24, 2.45) is 0 Å². The van der Waals surface area contributed by atoms with E-state index >= 15 is 0 Å². The number of amides is 1. The lowest BCUT2D eigenvalue weighted by Crippen LogP contribution is -2.19. The molecule has 136 valence electrons. The summed E-state index contributed by atoms with van der Waals surface area (Å²) in [5, 5.41) is 3.31. The van der Waals surface area contributed by atoms with Crippen LogP contribution in [-0.4, -0.2) is 39.3 Å². The van der Waals surface area contributed by atoms with E-state index in [1.165, 1.54) is 0 Å². The smallest absolute Gasteiger partial charge is 0.255 e. The number of anilines is 2. The van der Waals surface area contributed by atoms with Crippen LogP contribution in [0.5, 0.6) is 5.75 Å². The van der Waals surface area contributed by atoms with Crippen LogP contribution in [0.4, 0.5) is 11.4 Å². The number of rotatable bonds is 7. The lowest BCUT2D eigenvalue weighted by atomic mass is 10.1. The van der Waals surface area contributed by atoms with Gasteiger partial charge in [-0.2, -0.15) is 0 Å². The monoisotopic (exact) mass is 372 g/mol. The van der Waals surface area contributed by atoms with Crippen molar-refractivity contribution in [2.75, 3.05) is 43.6 Å². The zero-order valence-electron chi connectivity index (χ0n) is 14.6. The molecule has 0 aromatic heterocycles. The van der Waals surface area contributed by atoms with E-state index in [1.807, 2.05) is 24.3 Å². The molecule has 0 radical (unpaired) electrons. The van der Waals surface area contributed by atoms with E-state index in [4.69, 9.17) is 21.1 Å². The molecule has 2 aromatic carbocycles. The predicted molar refractivity (Wildman–Crippen MR) is 105 cm³/mol. The Labute approximate surface area is 158 Å². The molecule has 0 saturated heterocycles. The Hall–Kier alpha value is -2.50. The summed E-state index contributed by atoms with van der Waals surface area (Å²) in [4.78, 5) is 14.8. The highest BCUT2D eigenvalue weighted by atomic mass is 35.5. The Kier molecular flexibility index (Phi) is 6.15. The minimum Gasteiger partial charge on any atom is -0.487 e. The quantitative estimate of drug-likeness (QED) is 0.589. The first kappa shape index (κ1) is 18.3. The van der Waals surface area contributed by atoms with Gasteiger partial charge in [0, 0.05) is 31.5 Å². The molecule has 0 fully saturated rings. The summed E-state index contributed by atoms with van der Waals surface area (Å²) < 4.78 is 10.6. The normalized spacial score (nSPS) is 13.1. The van der Waals surface area contributed by atoms with Gasteiger partial charge in [0.1, 0.15) is 6.61 Å². The molecule has 0 spiro atoms. The van der Waals surface area contributed by atoms with Crippen molar-refractivity contribution < 1.29 is 14.3 Å². The Morgan fingerprint density at radius 2 is 1.85 bits per heavy atom. The van der Waals surface area contributed by atoms with Crippen LogP contribution in [0.25, 0.3) is 0 Å². The number of hydrogen-bond acceptors (Lipinski definition) is 4. The second-order valence-corrected chi connectivity index (χ2v) is 6.24. The summed E-state index contributed by atoms with van der Waals surface area (Å²) in [7, 11) is 1.60. The lowest BCUT2D eigenvalue weighted by Gasteiger charge is -2.18. The van der Waals surface area contributed by atoms with Crippen LogP contribution in [0.15, 0.2) is 54.6 Å². The highest BCUT2D eigenvalue weighted by Crippen LogP contribution is 2.33. The van der Waals surface area contributed by atoms with Crippen molar-refractivity contribution in [3.8, 4) is 5.75 Å². The average molecular weight is 373 g/mol. The molecule has 0 saturated carbocycles. The number of carbonyl (C=O) groups excluding carboxylic acids is 1. The average Bonchev–Trinajstić information content (AvgIpc) is 3.19. The zero-order valence-corrected chi connectivity index (χ0v) is 15.3. The molecular weight excluding hydrogens is 352 g/mol. The van der Waals surface area contributed by atoms with Gasteiger partial charge < -0.3 is 19.7 Å². The molecule has 1 aliphatic rings. The second-order valence-electron chi connectivity index (χ2n) is 5.84. The highest BCUT2D eigenvalue weighted by Gasteiger charge is 2.14. The molecule has 6 heteroatoms. The van der Waals surface area contributed by atoms with Gasteiger partial charge in [-0.05, 0) is 36.4 Å². The first-order valence-corrected chi connectivity index (χ1v) is 8.78. The van der Waals surface area contributed by atoms with Gasteiger partial charge in [0.2, 0.25) is 0 Å². The first-order valence-electron chi connectivity index (χ1n) is 8.40. The number of nitrogens with one attached hydrogen (secondary N) is 1. The van der Waals surface area contributed by atoms with E-state index < -0.39 is 0 Å². The number of carbonyl (C=O) groups is 1. The Morgan fingerprint density at radius 1 is 1.12 bits per heavy atom. The third-order valence-electron chi connectivity index (χ3n) is 4.06. The summed E-state index contributed by atoms with van der Waals surface area (Å²) in [6.07, 6.45) is 4.26. The number of benzene rings is 2. The summed E-state index contributed by atoms with van der Waals surface area (Å²) in [5.41, 5.74) is 2.20. The molecular formula is C20H21ClN2O3. The molecule has 1 amide bonds. The molecule has 2 aromatic rings. The fourth-order valence-electron chi connectivity index (χ4n) is 2.69. The topological polar surface area (TPSA) is 50.8 Å². The number of methoxy groups -OCH3 is 1. The maximum absolute atomic E-state index is 12.6. The van der Waals surface area contributed by atoms with Crippen LogP contribution in [0.1, 0.15) is 10.4 Å². The number of ether oxygens (including phenoxy) is 2. The molecule has 0 bridgehead atoms. The third-order valence-corrected chi connectivity index (χ3v) is 4.36. The molecule has 1 heterocycles. The van der Waals surface area contributed by atoms with Crippen molar-refractivity contribution in [1.29, 1.82) is 0 Å². The Morgan fingerprint density at radius 3 is 2.54 bits per heavy atom. The SMILES string of the molecule is COCCOc1c(Cl)cccc1NC(=O)c1ccc(N2CC=CC2)cc1. The van der Waals surface area contributed by atoms with Gasteiger partial charge in [0.05, 0.1) is 17.3 Å². The fraction of sp³-hybridized carbons (Fsp3) is 0.250. The van der Waals surface area contributed by atoms with Crippen LogP contribution in [0.2, 0.25) is 5.02 Å². The van der Waals surface area contributed by atoms with E-state index in [-0.39, 0.29) is 5.91 Å². The highest BCUT2D eigenvalue weighted by molar-refractivity contribution is 6.32. The number of nitrogens with zero attached hydrogens (tertiary/aromatic N) is 1. The van der Waals surface area contributed by atoms with Crippen LogP contribution in [0, 0.1) is 0 Å². The molecule has 0 atom stereocenters. The first-order chi connectivity index (χ1) is 12.7. The van der Waals surface area contributed by atoms with E-state index in [0.29, 0.717) is 35.2 Å². The minimum atomic E-state index is -0.213. The molecule has 0 aliphatic carbocycles. The summed E-state index contributed by atoms with van der Waals surface area (Å²) in [6.45, 7) is 2.58. The molecule has 1 aliphatic heterocycles. The van der Waals surface area contributed by atoms with Crippen molar-refractivity contribution in [2.45, 2.75) is 0 Å². The van der Waals surface area contributed by atoms with Gasteiger partial charge >= 0.3 is 0 Å². The summed E-state index contributed by atoms with van der Waals surface area (Å²) >= 11 is 6.20. The minimum absolute atomic E-state index is 0.213. The second kappa shape index (κ2) is 8.74. The number of hydrogen-bond donors (Lipinski definition) is 1. The molecule has 5 nitrogen and oxygen atoms in total.